The van der Waals surface area contributed by atoms with E-state index in [9.17, 15) is 9.00 Å². The van der Waals surface area contributed by atoms with E-state index >= 15 is 0 Å². The van der Waals surface area contributed by atoms with Crippen LogP contribution in [0.4, 0.5) is 10.5 Å². The first-order valence-corrected chi connectivity index (χ1v) is 11.9. The Bertz CT molecular complexity index is 1120. The molecular formula is C20H26N6O3S. The van der Waals surface area contributed by atoms with Gasteiger partial charge in [0.25, 0.3) is 0 Å². The second-order valence-corrected chi connectivity index (χ2v) is 9.88. The smallest absolute Gasteiger partial charge is 0.354 e. The molecule has 2 atom stereocenters. The molecule has 0 spiro atoms. The molecule has 0 saturated heterocycles. The number of hydrogen-bond donors (Lipinski definition) is 3. The molecule has 0 bridgehead atoms. The van der Waals surface area contributed by atoms with Gasteiger partial charge in [-0.25, -0.2) is 18.8 Å². The Morgan fingerprint density at radius 3 is 2.63 bits per heavy atom. The third kappa shape index (κ3) is 3.28. The summed E-state index contributed by atoms with van der Waals surface area (Å²) < 4.78 is 24.3. The lowest BCUT2D eigenvalue weighted by molar-refractivity contribution is 0.184. The van der Waals surface area contributed by atoms with E-state index in [4.69, 9.17) is 9.88 Å². The fourth-order valence-electron chi connectivity index (χ4n) is 4.72. The van der Waals surface area contributed by atoms with Crippen LogP contribution >= 0.6 is 0 Å². The summed E-state index contributed by atoms with van der Waals surface area (Å²) in [6.07, 6.45) is 7.48. The van der Waals surface area contributed by atoms with E-state index in [2.05, 4.69) is 26.2 Å². The molecule has 0 unspecified atom stereocenters. The number of anilines is 1. The van der Waals surface area contributed by atoms with E-state index in [0.717, 1.165) is 44.2 Å². The molecule has 2 aromatic rings. The molecule has 0 radical (unpaired) electrons. The van der Waals surface area contributed by atoms with Crippen molar-refractivity contribution in [2.24, 2.45) is 9.50 Å². The van der Waals surface area contributed by atoms with Gasteiger partial charge in [-0.1, -0.05) is 6.07 Å². The summed E-state index contributed by atoms with van der Waals surface area (Å²) in [4.78, 5) is 12.9. The zero-order valence-corrected chi connectivity index (χ0v) is 17.8. The highest BCUT2D eigenvalue weighted by Gasteiger charge is 2.28. The molecule has 3 aliphatic rings. The van der Waals surface area contributed by atoms with E-state index in [1.165, 1.54) is 28.5 Å². The van der Waals surface area contributed by atoms with Gasteiger partial charge in [-0.3, -0.25) is 0 Å². The number of likely N-dealkylation sites (N-methyl/N-ethyl adjacent to an activating group) is 1. The maximum Gasteiger partial charge on any atom is 0.354 e. The van der Waals surface area contributed by atoms with Crippen LogP contribution in [0.1, 0.15) is 35.1 Å². The van der Waals surface area contributed by atoms with Crippen molar-refractivity contribution in [3.63, 3.8) is 0 Å². The Hall–Kier alpha value is -2.43. The number of fused-ring (bicyclic) bond motifs is 3. The molecule has 1 aliphatic heterocycles. The van der Waals surface area contributed by atoms with E-state index in [1.54, 1.807) is 4.68 Å². The number of amides is 2. The fourth-order valence-corrected chi connectivity index (χ4v) is 5.72. The van der Waals surface area contributed by atoms with Crippen LogP contribution in [0.15, 0.2) is 21.5 Å². The molecule has 1 aromatic carbocycles. The summed E-state index contributed by atoms with van der Waals surface area (Å²) >= 11 is 0. The highest BCUT2D eigenvalue weighted by atomic mass is 32.2. The standard InChI is InChI=1S/C20H26N6O3S/c1-22-14-10-26-19(29-11-14)17(9-23-26)30(21,28)25-20(27)24-18-15-6-2-4-12(15)8-13-5-3-7-16(13)18/h8-9,14,22H,2-7,10-11H2,1H3,(H3,21,24,25,27,28)/t14-,30+/m1/s1. The second-order valence-electron chi connectivity index (χ2n) is 8.12. The Kier molecular flexibility index (Phi) is 4.79. The van der Waals surface area contributed by atoms with Crippen molar-refractivity contribution in [3.8, 4) is 5.88 Å². The Morgan fingerprint density at radius 1 is 1.27 bits per heavy atom. The molecule has 2 heterocycles. The SMILES string of the molecule is CN[C@H]1COc2c([S@@](N)(=O)=NC(=O)Nc3c4c(cc5c3CCC5)CCC4)cnn2C1. The van der Waals surface area contributed by atoms with Gasteiger partial charge in [0.1, 0.15) is 11.5 Å². The number of ether oxygens (including phenoxy) is 1. The third-order valence-electron chi connectivity index (χ3n) is 6.22. The number of rotatable bonds is 3. The van der Waals surface area contributed by atoms with Gasteiger partial charge in [-0.2, -0.15) is 5.10 Å². The number of aromatic nitrogens is 2. The maximum absolute atomic E-state index is 13.1. The molecule has 1 aromatic heterocycles. The highest BCUT2D eigenvalue weighted by molar-refractivity contribution is 7.91. The zero-order chi connectivity index (χ0) is 20.9. The predicted octanol–water partition coefficient (Wildman–Crippen LogP) is 1.77. The molecule has 2 aliphatic carbocycles. The van der Waals surface area contributed by atoms with Crippen molar-refractivity contribution >= 4 is 21.6 Å². The molecule has 2 amide bonds. The van der Waals surface area contributed by atoms with Gasteiger partial charge >= 0.3 is 6.03 Å². The van der Waals surface area contributed by atoms with Crippen molar-refractivity contribution < 1.29 is 13.7 Å². The van der Waals surface area contributed by atoms with Gasteiger partial charge in [0.2, 0.25) is 5.88 Å². The molecule has 0 saturated carbocycles. The lowest BCUT2D eigenvalue weighted by atomic mass is 9.99. The van der Waals surface area contributed by atoms with Crippen molar-refractivity contribution in [3.05, 3.63) is 34.5 Å². The molecule has 5 rings (SSSR count). The zero-order valence-electron chi connectivity index (χ0n) is 16.9. The number of carbonyl (C=O) groups excluding carboxylic acids is 1. The number of hydrogen-bond acceptors (Lipinski definition) is 5. The van der Waals surface area contributed by atoms with Crippen LogP contribution in [0.2, 0.25) is 0 Å². The maximum atomic E-state index is 13.1. The minimum Gasteiger partial charge on any atom is -0.475 e. The molecule has 160 valence electrons. The second kappa shape index (κ2) is 7.36. The summed E-state index contributed by atoms with van der Waals surface area (Å²) in [5.74, 6) is 0.312. The average molecular weight is 431 g/mol. The highest BCUT2D eigenvalue weighted by Crippen LogP contribution is 2.38. The van der Waals surface area contributed by atoms with Crippen LogP contribution in [-0.4, -0.2) is 39.7 Å². The van der Waals surface area contributed by atoms with Gasteiger partial charge < -0.3 is 15.4 Å². The van der Waals surface area contributed by atoms with Gasteiger partial charge in [-0.05, 0) is 67.8 Å². The van der Waals surface area contributed by atoms with Crippen molar-refractivity contribution in [2.45, 2.75) is 56.0 Å². The minimum absolute atomic E-state index is 0.0987. The first-order valence-electron chi connectivity index (χ1n) is 10.3. The summed E-state index contributed by atoms with van der Waals surface area (Å²) in [6.45, 7) is 0.967. The van der Waals surface area contributed by atoms with Crippen LogP contribution < -0.4 is 20.5 Å². The molecule has 10 heteroatoms. The quantitative estimate of drug-likeness (QED) is 0.685. The van der Waals surface area contributed by atoms with Gasteiger partial charge in [0, 0.05) is 5.69 Å². The van der Waals surface area contributed by atoms with Crippen LogP contribution in [0.25, 0.3) is 0 Å². The molecule has 0 fully saturated rings. The summed E-state index contributed by atoms with van der Waals surface area (Å²) in [6, 6.07) is 1.70. The normalized spacial score (nSPS) is 21.2. The topological polar surface area (TPSA) is 124 Å². The molecule has 4 N–H and O–H groups in total. The van der Waals surface area contributed by atoms with E-state index in [-0.39, 0.29) is 10.9 Å². The van der Waals surface area contributed by atoms with Crippen LogP contribution in [0.5, 0.6) is 5.88 Å². The minimum atomic E-state index is -3.50. The number of nitrogens with one attached hydrogen (secondary N) is 2. The Labute approximate surface area is 175 Å². The number of nitrogens with two attached hydrogens (primary N) is 1. The Morgan fingerprint density at radius 2 is 1.97 bits per heavy atom. The number of aryl methyl sites for hydroxylation is 2. The van der Waals surface area contributed by atoms with E-state index < -0.39 is 15.9 Å². The predicted molar refractivity (Wildman–Crippen MR) is 113 cm³/mol. The largest absolute Gasteiger partial charge is 0.475 e. The average Bonchev–Trinajstić information content (AvgIpc) is 3.45. The monoisotopic (exact) mass is 430 g/mol. The van der Waals surface area contributed by atoms with Gasteiger partial charge in [0.15, 0.2) is 9.92 Å². The third-order valence-corrected chi connectivity index (χ3v) is 7.57. The van der Waals surface area contributed by atoms with Crippen LogP contribution in [0, 0.1) is 0 Å². The van der Waals surface area contributed by atoms with Crippen molar-refractivity contribution in [2.75, 3.05) is 19.0 Å². The van der Waals surface area contributed by atoms with Gasteiger partial charge in [0.05, 0.1) is 18.8 Å². The number of benzene rings is 1. The molecular weight excluding hydrogens is 404 g/mol. The summed E-state index contributed by atoms with van der Waals surface area (Å²) in [7, 11) is -1.66. The van der Waals surface area contributed by atoms with Crippen molar-refractivity contribution in [1.29, 1.82) is 0 Å². The summed E-state index contributed by atoms with van der Waals surface area (Å²) in [5, 5.41) is 16.2. The summed E-state index contributed by atoms with van der Waals surface area (Å²) in [5.41, 5.74) is 5.83. The van der Waals surface area contributed by atoms with Crippen LogP contribution in [0.3, 0.4) is 0 Å². The van der Waals surface area contributed by atoms with Crippen molar-refractivity contribution in [1.82, 2.24) is 15.1 Å². The fraction of sp³-hybridized carbons (Fsp3) is 0.500. The number of carbonyl (C=O) groups is 1. The first-order chi connectivity index (χ1) is 14.5. The Balaban J connectivity index is 1.45. The van der Waals surface area contributed by atoms with E-state index in [1.807, 2.05) is 7.05 Å². The molecule has 9 nitrogen and oxygen atoms in total. The van der Waals surface area contributed by atoms with E-state index in [0.29, 0.717) is 19.0 Å². The first kappa shape index (κ1) is 19.5. The lowest BCUT2D eigenvalue weighted by Gasteiger charge is -2.24. The van der Waals surface area contributed by atoms with Gasteiger partial charge in [-0.15, -0.1) is 4.36 Å². The van der Waals surface area contributed by atoms with Crippen LogP contribution in [-0.2, 0) is 42.1 Å². The molecule has 30 heavy (non-hydrogen) atoms. The lowest BCUT2D eigenvalue weighted by Crippen LogP contribution is -2.40. The number of nitrogens with zero attached hydrogens (tertiary/aromatic N) is 3. The number of urea groups is 1.